The molecule has 0 saturated carbocycles. The molecular weight excluding hydrogens is 435 g/mol. The molecule has 0 radical (unpaired) electrons. The van der Waals surface area contributed by atoms with Gasteiger partial charge in [0.15, 0.2) is 0 Å². The van der Waals surface area contributed by atoms with Crippen LogP contribution in [0.3, 0.4) is 0 Å². The third-order valence-corrected chi connectivity index (χ3v) is 7.18. The fraction of sp³-hybridized carbons (Fsp3) is 0.0435. The van der Waals surface area contributed by atoms with E-state index in [9.17, 15) is 14.4 Å². The normalized spacial score (nSPS) is 12.2. The summed E-state index contributed by atoms with van der Waals surface area (Å²) in [5.41, 5.74) is 1.69. The van der Waals surface area contributed by atoms with Crippen molar-refractivity contribution in [3.8, 4) is 0 Å². The predicted octanol–water partition coefficient (Wildman–Crippen LogP) is 6.07. The van der Waals surface area contributed by atoms with Crippen molar-refractivity contribution >= 4 is 34.3 Å². The van der Waals surface area contributed by atoms with E-state index in [4.69, 9.17) is 0 Å². The number of benzene rings is 4. The fourth-order valence-corrected chi connectivity index (χ4v) is 5.63. The van der Waals surface area contributed by atoms with E-state index in [1.807, 2.05) is 48.5 Å². The van der Waals surface area contributed by atoms with Gasteiger partial charge in [-0.1, -0.05) is 94.8 Å². The Morgan fingerprint density at radius 2 is 1.14 bits per heavy atom. The van der Waals surface area contributed by atoms with Gasteiger partial charge in [-0.05, 0) is 45.7 Å². The lowest BCUT2D eigenvalue weighted by Gasteiger charge is -2.36. The van der Waals surface area contributed by atoms with E-state index < -0.39 is 12.8 Å². The molecule has 4 aromatic rings. The van der Waals surface area contributed by atoms with Crippen LogP contribution in [-0.2, 0) is 9.72 Å². The number of fused-ring (bicyclic) bond motifs is 1. The molecule has 0 aliphatic rings. The highest BCUT2D eigenvalue weighted by molar-refractivity contribution is 9.10. The van der Waals surface area contributed by atoms with Gasteiger partial charge in [0.05, 0.1) is 0 Å². The van der Waals surface area contributed by atoms with Crippen LogP contribution in [0.15, 0.2) is 102 Å². The van der Waals surface area contributed by atoms with Gasteiger partial charge in [0, 0.05) is 4.47 Å². The molecule has 0 unspecified atom stereocenters. The lowest BCUT2D eigenvalue weighted by Crippen LogP contribution is -2.29. The third-order valence-electron chi connectivity index (χ3n) is 5.04. The fourth-order valence-electron chi connectivity index (χ4n) is 3.80. The maximum atomic E-state index is 13.1. The molecule has 0 amide bonds. The van der Waals surface area contributed by atoms with Crippen LogP contribution in [0.1, 0.15) is 16.7 Å². The van der Waals surface area contributed by atoms with Crippen molar-refractivity contribution in [1.29, 1.82) is 0 Å². The quantitative estimate of drug-likeness (QED) is 0.291. The van der Waals surface area contributed by atoms with Crippen LogP contribution in [0.4, 0.5) is 0 Å². The van der Waals surface area contributed by atoms with Crippen LogP contribution in [0.5, 0.6) is 0 Å². The monoisotopic (exact) mass is 452 g/mol. The molecule has 0 aliphatic carbocycles. The summed E-state index contributed by atoms with van der Waals surface area (Å²) in [5.74, 6) is 0. The Labute approximate surface area is 172 Å². The maximum Gasteiger partial charge on any atom is 0.344 e. The van der Waals surface area contributed by atoms with E-state index in [0.29, 0.717) is 16.7 Å². The van der Waals surface area contributed by atoms with Crippen molar-refractivity contribution in [1.82, 2.24) is 0 Å². The lowest BCUT2D eigenvalue weighted by atomic mass is 9.83. The molecule has 140 valence electrons. The Morgan fingerprint density at radius 1 is 0.643 bits per heavy atom. The minimum absolute atomic E-state index is 0.561. The van der Waals surface area contributed by atoms with Crippen LogP contribution >= 0.6 is 23.5 Å². The molecule has 0 aromatic heterocycles. The second-order valence-corrected chi connectivity index (χ2v) is 9.37. The third kappa shape index (κ3) is 3.13. The zero-order chi connectivity index (χ0) is 19.8. The zero-order valence-electron chi connectivity index (χ0n) is 14.9. The number of hydrogen-bond donors (Lipinski definition) is 2. The van der Waals surface area contributed by atoms with Crippen LogP contribution < -0.4 is 0 Å². The number of halogens is 1. The number of hydrogen-bond acceptors (Lipinski definition) is 1. The Hall–Kier alpha value is -2.23. The van der Waals surface area contributed by atoms with Gasteiger partial charge >= 0.3 is 7.60 Å². The first kappa shape index (κ1) is 19.1. The van der Waals surface area contributed by atoms with Crippen molar-refractivity contribution in [2.24, 2.45) is 0 Å². The zero-order valence-corrected chi connectivity index (χ0v) is 17.3. The van der Waals surface area contributed by atoms with Crippen LogP contribution in [0, 0.1) is 0 Å². The molecule has 0 atom stereocenters. The highest BCUT2D eigenvalue weighted by Crippen LogP contribution is 2.64. The van der Waals surface area contributed by atoms with Crippen LogP contribution in [0.2, 0.25) is 0 Å². The summed E-state index contributed by atoms with van der Waals surface area (Å²) in [6.07, 6.45) is 0. The molecule has 0 bridgehead atoms. The first-order chi connectivity index (χ1) is 13.4. The first-order valence-corrected chi connectivity index (χ1v) is 11.2. The van der Waals surface area contributed by atoms with E-state index in [1.54, 1.807) is 48.5 Å². The van der Waals surface area contributed by atoms with E-state index in [1.165, 1.54) is 0 Å². The SMILES string of the molecule is O=P(O)(O)C(c1ccccc1)(c1ccccc1)c1ccc2cc(Br)ccc2c1. The predicted molar refractivity (Wildman–Crippen MR) is 116 cm³/mol. The molecule has 0 spiro atoms. The summed E-state index contributed by atoms with van der Waals surface area (Å²) in [5, 5.41) is 0.334. The topological polar surface area (TPSA) is 57.5 Å². The molecule has 0 heterocycles. The second-order valence-electron chi connectivity index (χ2n) is 6.69. The van der Waals surface area contributed by atoms with Crippen molar-refractivity contribution in [2.45, 2.75) is 5.16 Å². The first-order valence-electron chi connectivity index (χ1n) is 8.79. The second kappa shape index (κ2) is 7.31. The highest BCUT2D eigenvalue weighted by Gasteiger charge is 2.51. The van der Waals surface area contributed by atoms with Gasteiger partial charge in [-0.15, -0.1) is 0 Å². The van der Waals surface area contributed by atoms with E-state index in [2.05, 4.69) is 15.9 Å². The summed E-state index contributed by atoms with van der Waals surface area (Å²) in [6, 6.07) is 29.5. The largest absolute Gasteiger partial charge is 0.344 e. The molecule has 4 rings (SSSR count). The van der Waals surface area contributed by atoms with E-state index in [0.717, 1.165) is 15.2 Å². The Bertz CT molecular complexity index is 1130. The van der Waals surface area contributed by atoms with Crippen molar-refractivity contribution < 1.29 is 14.4 Å². The summed E-state index contributed by atoms with van der Waals surface area (Å²) < 4.78 is 14.1. The van der Waals surface area contributed by atoms with E-state index >= 15 is 0 Å². The van der Waals surface area contributed by atoms with Gasteiger partial charge < -0.3 is 9.79 Å². The van der Waals surface area contributed by atoms with Gasteiger partial charge in [-0.3, -0.25) is 4.57 Å². The average Bonchev–Trinajstić information content (AvgIpc) is 2.69. The summed E-state index contributed by atoms with van der Waals surface area (Å²) in [4.78, 5) is 21.4. The van der Waals surface area contributed by atoms with Crippen LogP contribution in [-0.4, -0.2) is 9.79 Å². The summed E-state index contributed by atoms with van der Waals surface area (Å²) in [6.45, 7) is 0. The van der Waals surface area contributed by atoms with E-state index in [-0.39, 0.29) is 0 Å². The molecule has 3 nitrogen and oxygen atoms in total. The molecule has 5 heteroatoms. The van der Waals surface area contributed by atoms with Gasteiger partial charge in [0.1, 0.15) is 5.16 Å². The maximum absolute atomic E-state index is 13.1. The summed E-state index contributed by atoms with van der Waals surface area (Å²) in [7, 11) is -4.67. The smallest absolute Gasteiger partial charge is 0.323 e. The van der Waals surface area contributed by atoms with Gasteiger partial charge in [0.25, 0.3) is 0 Å². The van der Waals surface area contributed by atoms with Gasteiger partial charge in [-0.2, -0.15) is 0 Å². The Kier molecular flexibility index (Phi) is 4.98. The molecule has 4 aromatic carbocycles. The molecule has 28 heavy (non-hydrogen) atoms. The molecule has 0 aliphatic heterocycles. The molecule has 2 N–H and O–H groups in total. The standard InChI is InChI=1S/C23H18BrO3P/c24-22-14-12-17-15-21(13-11-18(17)16-22)23(28(25,26)27,19-7-3-1-4-8-19)20-9-5-2-6-10-20/h1-16H,(H2,25,26,27). The molecule has 0 fully saturated rings. The minimum Gasteiger partial charge on any atom is -0.323 e. The van der Waals surface area contributed by atoms with Gasteiger partial charge in [0.2, 0.25) is 0 Å². The van der Waals surface area contributed by atoms with Crippen molar-refractivity contribution in [2.75, 3.05) is 0 Å². The lowest BCUT2D eigenvalue weighted by molar-refractivity contribution is 0.349. The van der Waals surface area contributed by atoms with Crippen molar-refractivity contribution in [3.63, 3.8) is 0 Å². The van der Waals surface area contributed by atoms with Crippen LogP contribution in [0.25, 0.3) is 10.8 Å². The van der Waals surface area contributed by atoms with Gasteiger partial charge in [-0.25, -0.2) is 0 Å². The summed E-state index contributed by atoms with van der Waals surface area (Å²) >= 11 is 3.47. The number of rotatable bonds is 4. The Balaban J connectivity index is 2.11. The molecular formula is C23H18BrO3P. The minimum atomic E-state index is -4.67. The molecule has 0 saturated heterocycles. The average molecular weight is 453 g/mol. The Morgan fingerprint density at radius 3 is 1.68 bits per heavy atom. The highest BCUT2D eigenvalue weighted by atomic mass is 79.9. The van der Waals surface area contributed by atoms with Crippen molar-refractivity contribution in [3.05, 3.63) is 118 Å².